The molecule has 2 unspecified atom stereocenters. The molecule has 1 aromatic rings. The molecule has 1 N–H and O–H groups in total. The van der Waals surface area contributed by atoms with E-state index in [-0.39, 0.29) is 5.54 Å². The molecule has 0 saturated carbocycles. The maximum atomic E-state index is 13.4. The second-order valence-corrected chi connectivity index (χ2v) is 7.36. The number of fused-ring (bicyclic) bond motifs is 1. The van der Waals surface area contributed by atoms with Gasteiger partial charge in [-0.3, -0.25) is 0 Å². The first kappa shape index (κ1) is 15.2. The van der Waals surface area contributed by atoms with Crippen molar-refractivity contribution in [3.05, 3.63) is 28.2 Å². The summed E-state index contributed by atoms with van der Waals surface area (Å²) >= 11 is 3.15. The van der Waals surface area contributed by atoms with Crippen LogP contribution in [0.15, 0.2) is 22.7 Å². The Labute approximate surface area is 130 Å². The van der Waals surface area contributed by atoms with Crippen LogP contribution in [0.1, 0.15) is 19.4 Å². The van der Waals surface area contributed by atoms with Crippen LogP contribution >= 0.6 is 15.9 Å². The fourth-order valence-corrected chi connectivity index (χ4v) is 4.16. The van der Waals surface area contributed by atoms with Crippen LogP contribution in [0.4, 0.5) is 18.9 Å². The summed E-state index contributed by atoms with van der Waals surface area (Å²) in [4.78, 5) is 1.94. The number of nitrogens with zero attached hydrogens (tertiary/aromatic N) is 1. The maximum absolute atomic E-state index is 13.4. The zero-order valence-electron chi connectivity index (χ0n) is 12.0. The molecule has 2 fully saturated rings. The largest absolute Gasteiger partial charge is 0.418 e. The van der Waals surface area contributed by atoms with Gasteiger partial charge in [0.25, 0.3) is 0 Å². The lowest BCUT2D eigenvalue weighted by molar-refractivity contribution is -0.137. The normalized spacial score (nSPS) is 28.0. The van der Waals surface area contributed by atoms with Crippen molar-refractivity contribution in [3.8, 4) is 0 Å². The number of benzene rings is 1. The highest BCUT2D eigenvalue weighted by Crippen LogP contribution is 2.47. The third kappa shape index (κ3) is 2.46. The van der Waals surface area contributed by atoms with Gasteiger partial charge in [-0.2, -0.15) is 13.2 Å². The molecule has 2 saturated heterocycles. The molecule has 21 heavy (non-hydrogen) atoms. The van der Waals surface area contributed by atoms with E-state index in [1.165, 1.54) is 6.07 Å². The van der Waals surface area contributed by atoms with E-state index in [9.17, 15) is 13.2 Å². The van der Waals surface area contributed by atoms with E-state index in [2.05, 4.69) is 21.2 Å². The molecule has 2 atom stereocenters. The molecule has 0 aliphatic carbocycles. The molecule has 0 spiro atoms. The Kier molecular flexibility index (Phi) is 3.52. The SMILES string of the molecule is CC1(C)C2CNCC2CN1c1ccc(Br)cc1C(F)(F)F. The smallest absolute Gasteiger partial charge is 0.365 e. The fraction of sp³-hybridized carbons (Fsp3) is 0.600. The van der Waals surface area contributed by atoms with E-state index in [0.29, 0.717) is 28.5 Å². The van der Waals surface area contributed by atoms with Gasteiger partial charge in [-0.25, -0.2) is 0 Å². The molecule has 2 aliphatic heterocycles. The molecule has 6 heteroatoms. The first-order valence-electron chi connectivity index (χ1n) is 7.06. The summed E-state index contributed by atoms with van der Waals surface area (Å²) in [7, 11) is 0. The van der Waals surface area contributed by atoms with Crippen molar-refractivity contribution in [2.24, 2.45) is 11.8 Å². The van der Waals surface area contributed by atoms with Gasteiger partial charge in [-0.05, 0) is 43.9 Å². The van der Waals surface area contributed by atoms with Crippen LogP contribution in [-0.2, 0) is 6.18 Å². The van der Waals surface area contributed by atoms with E-state index in [1.54, 1.807) is 12.1 Å². The average Bonchev–Trinajstić information content (AvgIpc) is 2.91. The first-order chi connectivity index (χ1) is 9.71. The Bertz CT molecular complexity index is 556. The molecular formula is C15H18BrF3N2. The highest BCUT2D eigenvalue weighted by molar-refractivity contribution is 9.10. The predicted molar refractivity (Wildman–Crippen MR) is 80.4 cm³/mol. The lowest BCUT2D eigenvalue weighted by Crippen LogP contribution is -2.45. The number of hydrogen-bond donors (Lipinski definition) is 1. The van der Waals surface area contributed by atoms with Gasteiger partial charge in [0.1, 0.15) is 0 Å². The highest BCUT2D eigenvalue weighted by atomic mass is 79.9. The number of anilines is 1. The van der Waals surface area contributed by atoms with Crippen molar-refractivity contribution >= 4 is 21.6 Å². The Balaban J connectivity index is 2.05. The second-order valence-electron chi connectivity index (χ2n) is 6.45. The fourth-order valence-electron chi connectivity index (χ4n) is 3.80. The van der Waals surface area contributed by atoms with Crippen LogP contribution in [0, 0.1) is 11.8 Å². The van der Waals surface area contributed by atoms with E-state index in [1.807, 2.05) is 18.7 Å². The van der Waals surface area contributed by atoms with Gasteiger partial charge in [-0.15, -0.1) is 0 Å². The van der Waals surface area contributed by atoms with Gasteiger partial charge in [0.05, 0.1) is 5.56 Å². The zero-order valence-corrected chi connectivity index (χ0v) is 13.6. The van der Waals surface area contributed by atoms with Gasteiger partial charge >= 0.3 is 6.18 Å². The number of rotatable bonds is 1. The van der Waals surface area contributed by atoms with Gasteiger partial charge in [0.15, 0.2) is 0 Å². The van der Waals surface area contributed by atoms with Crippen molar-refractivity contribution in [2.45, 2.75) is 25.6 Å². The lowest BCUT2D eigenvalue weighted by atomic mass is 9.84. The highest BCUT2D eigenvalue weighted by Gasteiger charge is 2.51. The van der Waals surface area contributed by atoms with E-state index in [4.69, 9.17) is 0 Å². The summed E-state index contributed by atoms with van der Waals surface area (Å²) in [6.07, 6.45) is -4.34. The average molecular weight is 363 g/mol. The van der Waals surface area contributed by atoms with Crippen LogP contribution in [0.2, 0.25) is 0 Å². The number of hydrogen-bond acceptors (Lipinski definition) is 2. The van der Waals surface area contributed by atoms with E-state index in [0.717, 1.165) is 13.1 Å². The molecule has 2 heterocycles. The quantitative estimate of drug-likeness (QED) is 0.814. The molecule has 116 valence electrons. The topological polar surface area (TPSA) is 15.3 Å². The molecule has 0 bridgehead atoms. The molecule has 0 amide bonds. The Morgan fingerprint density at radius 1 is 1.29 bits per heavy atom. The van der Waals surface area contributed by atoms with Crippen molar-refractivity contribution in [3.63, 3.8) is 0 Å². The van der Waals surface area contributed by atoms with Gasteiger partial charge in [-0.1, -0.05) is 15.9 Å². The van der Waals surface area contributed by atoms with Crippen molar-refractivity contribution < 1.29 is 13.2 Å². The summed E-state index contributed by atoms with van der Waals surface area (Å²) in [5.74, 6) is 0.812. The third-order valence-electron chi connectivity index (χ3n) is 4.91. The van der Waals surface area contributed by atoms with Crippen LogP contribution < -0.4 is 10.2 Å². The summed E-state index contributed by atoms with van der Waals surface area (Å²) < 4.78 is 40.5. The van der Waals surface area contributed by atoms with Crippen LogP contribution in [0.5, 0.6) is 0 Å². The van der Waals surface area contributed by atoms with Crippen LogP contribution in [0.25, 0.3) is 0 Å². The van der Waals surface area contributed by atoms with Gasteiger partial charge in [0.2, 0.25) is 0 Å². The summed E-state index contributed by atoms with van der Waals surface area (Å²) in [5, 5.41) is 3.35. The minimum absolute atomic E-state index is 0.276. The second kappa shape index (κ2) is 4.88. The molecule has 3 rings (SSSR count). The molecule has 0 aromatic heterocycles. The zero-order chi connectivity index (χ0) is 15.4. The summed E-state index contributed by atoms with van der Waals surface area (Å²) in [6.45, 7) is 6.55. The minimum Gasteiger partial charge on any atom is -0.365 e. The number of alkyl halides is 3. The Morgan fingerprint density at radius 2 is 2.00 bits per heavy atom. The van der Waals surface area contributed by atoms with E-state index >= 15 is 0 Å². The van der Waals surface area contributed by atoms with Crippen molar-refractivity contribution in [1.29, 1.82) is 0 Å². The van der Waals surface area contributed by atoms with E-state index < -0.39 is 11.7 Å². The van der Waals surface area contributed by atoms with Crippen LogP contribution in [0.3, 0.4) is 0 Å². The minimum atomic E-state index is -4.34. The van der Waals surface area contributed by atoms with Crippen molar-refractivity contribution in [2.75, 3.05) is 24.5 Å². The van der Waals surface area contributed by atoms with Crippen molar-refractivity contribution in [1.82, 2.24) is 5.32 Å². The molecule has 0 radical (unpaired) electrons. The van der Waals surface area contributed by atoms with Gasteiger partial charge < -0.3 is 10.2 Å². The number of nitrogens with one attached hydrogen (secondary N) is 1. The monoisotopic (exact) mass is 362 g/mol. The predicted octanol–water partition coefficient (Wildman–Crippen LogP) is 3.90. The third-order valence-corrected chi connectivity index (χ3v) is 5.41. The maximum Gasteiger partial charge on any atom is 0.418 e. The van der Waals surface area contributed by atoms with Crippen LogP contribution in [-0.4, -0.2) is 25.2 Å². The summed E-state index contributed by atoms with van der Waals surface area (Å²) in [6, 6.07) is 4.45. The standard InChI is InChI=1S/C15H18BrF3N2/c1-14(2)12-7-20-6-9(12)8-21(14)13-4-3-10(16)5-11(13)15(17,18)19/h3-5,9,12,20H,6-8H2,1-2H3. The lowest BCUT2D eigenvalue weighted by Gasteiger charge is -2.38. The summed E-state index contributed by atoms with van der Waals surface area (Å²) in [5.41, 5.74) is -0.537. The Hall–Kier alpha value is -0.750. The molecular weight excluding hydrogens is 345 g/mol. The molecule has 2 nitrogen and oxygen atoms in total. The molecule has 1 aromatic carbocycles. The van der Waals surface area contributed by atoms with Gasteiger partial charge in [0, 0.05) is 35.3 Å². The number of halogens is 4. The molecule has 2 aliphatic rings. The first-order valence-corrected chi connectivity index (χ1v) is 7.85. The Morgan fingerprint density at radius 3 is 2.62 bits per heavy atom.